The fraction of sp³-hybridized carbons (Fsp3) is 0.300. The van der Waals surface area contributed by atoms with Gasteiger partial charge in [0.1, 0.15) is 5.75 Å². The molecule has 0 saturated carbocycles. The Hall–Kier alpha value is -1.35. The highest BCUT2D eigenvalue weighted by Gasteiger charge is 2.11. The molecule has 13 heavy (non-hydrogen) atoms. The van der Waals surface area contributed by atoms with E-state index in [2.05, 4.69) is 0 Å². The lowest BCUT2D eigenvalue weighted by atomic mass is 10.0. The van der Waals surface area contributed by atoms with Gasteiger partial charge in [-0.15, -0.1) is 0 Å². The highest BCUT2D eigenvalue weighted by molar-refractivity contribution is 5.82. The van der Waals surface area contributed by atoms with Crippen molar-refractivity contribution in [2.24, 2.45) is 5.73 Å². The first-order chi connectivity index (χ1) is 6.02. The summed E-state index contributed by atoms with van der Waals surface area (Å²) in [7, 11) is 0. The molecule has 0 aliphatic carbocycles. The van der Waals surface area contributed by atoms with Crippen molar-refractivity contribution < 1.29 is 9.90 Å². The molecule has 0 heterocycles. The normalized spacial score (nSPS) is 12.5. The average molecular weight is 179 g/mol. The lowest BCUT2D eigenvalue weighted by Crippen LogP contribution is -2.18. The number of carbonyl (C=O) groups is 1. The molecule has 1 aromatic rings. The van der Waals surface area contributed by atoms with Crippen LogP contribution >= 0.6 is 0 Å². The van der Waals surface area contributed by atoms with Gasteiger partial charge in [-0.1, -0.05) is 12.1 Å². The number of phenolic OH excluding ortho intramolecular Hbond substituents is 1. The summed E-state index contributed by atoms with van der Waals surface area (Å²) >= 11 is 0. The van der Waals surface area contributed by atoms with Gasteiger partial charge in [0.15, 0.2) is 5.78 Å². The third kappa shape index (κ3) is 2.06. The van der Waals surface area contributed by atoms with Gasteiger partial charge in [0.25, 0.3) is 0 Å². The van der Waals surface area contributed by atoms with Gasteiger partial charge in [0.05, 0.1) is 6.04 Å². The second-order valence-corrected chi connectivity index (χ2v) is 3.13. The highest BCUT2D eigenvalue weighted by Crippen LogP contribution is 2.21. The van der Waals surface area contributed by atoms with E-state index in [1.54, 1.807) is 19.1 Å². The monoisotopic (exact) mass is 179 g/mol. The van der Waals surface area contributed by atoms with Gasteiger partial charge in [-0.05, 0) is 31.0 Å². The van der Waals surface area contributed by atoms with Gasteiger partial charge < -0.3 is 10.8 Å². The van der Waals surface area contributed by atoms with E-state index in [-0.39, 0.29) is 11.5 Å². The fourth-order valence-electron chi connectivity index (χ4n) is 1.05. The summed E-state index contributed by atoms with van der Waals surface area (Å²) in [5.41, 5.74) is 7.02. The molecule has 1 aromatic carbocycles. The molecule has 0 radical (unpaired) electrons. The second kappa shape index (κ2) is 3.58. The van der Waals surface area contributed by atoms with Crippen LogP contribution in [0, 0.1) is 6.92 Å². The van der Waals surface area contributed by atoms with E-state index in [1.165, 1.54) is 13.0 Å². The van der Waals surface area contributed by atoms with E-state index in [4.69, 9.17) is 5.73 Å². The van der Waals surface area contributed by atoms with Crippen LogP contribution in [-0.2, 0) is 4.79 Å². The van der Waals surface area contributed by atoms with Crippen LogP contribution in [0.1, 0.15) is 24.1 Å². The van der Waals surface area contributed by atoms with E-state index in [0.717, 1.165) is 5.56 Å². The summed E-state index contributed by atoms with van der Waals surface area (Å²) in [6, 6.07) is 4.39. The molecule has 0 fully saturated rings. The van der Waals surface area contributed by atoms with Gasteiger partial charge in [-0.2, -0.15) is 0 Å². The Balaban J connectivity index is 3.03. The first kappa shape index (κ1) is 9.74. The number of hydrogen-bond donors (Lipinski definition) is 2. The minimum Gasteiger partial charge on any atom is -0.508 e. The van der Waals surface area contributed by atoms with E-state index < -0.39 is 6.04 Å². The topological polar surface area (TPSA) is 63.3 Å². The molecule has 0 spiro atoms. The van der Waals surface area contributed by atoms with Crippen LogP contribution in [0.5, 0.6) is 5.75 Å². The zero-order valence-corrected chi connectivity index (χ0v) is 7.74. The van der Waals surface area contributed by atoms with Crippen molar-refractivity contribution in [1.82, 2.24) is 0 Å². The molecule has 0 saturated heterocycles. The van der Waals surface area contributed by atoms with E-state index in [9.17, 15) is 9.90 Å². The Morgan fingerprint density at radius 2 is 2.15 bits per heavy atom. The Morgan fingerprint density at radius 1 is 1.54 bits per heavy atom. The van der Waals surface area contributed by atoms with Crippen molar-refractivity contribution >= 4 is 5.78 Å². The number of aromatic hydroxyl groups is 1. The number of hydrogen-bond acceptors (Lipinski definition) is 3. The molecule has 0 aromatic heterocycles. The van der Waals surface area contributed by atoms with E-state index in [1.807, 2.05) is 0 Å². The minimum absolute atomic E-state index is 0.108. The predicted octanol–water partition coefficient (Wildman–Crippen LogP) is 1.29. The molecule has 0 amide bonds. The zero-order valence-electron chi connectivity index (χ0n) is 7.74. The van der Waals surface area contributed by atoms with Crippen molar-refractivity contribution in [3.8, 4) is 5.75 Å². The zero-order chi connectivity index (χ0) is 10.0. The molecule has 1 rings (SSSR count). The first-order valence-corrected chi connectivity index (χ1v) is 4.08. The SMILES string of the molecule is CC(=O)C(N)c1ccc(C)c(O)c1. The van der Waals surface area contributed by atoms with Gasteiger partial charge in [0.2, 0.25) is 0 Å². The molecule has 0 aliphatic heterocycles. The van der Waals surface area contributed by atoms with Crippen LogP contribution in [-0.4, -0.2) is 10.9 Å². The lowest BCUT2D eigenvalue weighted by Gasteiger charge is -2.09. The summed E-state index contributed by atoms with van der Waals surface area (Å²) in [4.78, 5) is 10.9. The van der Waals surface area contributed by atoms with Gasteiger partial charge in [0, 0.05) is 0 Å². The summed E-state index contributed by atoms with van der Waals surface area (Å²) in [5.74, 6) is 0.0671. The maximum Gasteiger partial charge on any atom is 0.150 e. The number of rotatable bonds is 2. The Kier molecular flexibility index (Phi) is 2.68. The number of ketones is 1. The summed E-state index contributed by atoms with van der Waals surface area (Å²) in [6.45, 7) is 3.22. The molecule has 1 unspecified atom stereocenters. The smallest absolute Gasteiger partial charge is 0.150 e. The van der Waals surface area contributed by atoms with Crippen LogP contribution < -0.4 is 5.73 Å². The van der Waals surface area contributed by atoms with Crippen LogP contribution in [0.15, 0.2) is 18.2 Å². The molecule has 3 heteroatoms. The van der Waals surface area contributed by atoms with Crippen LogP contribution in [0.4, 0.5) is 0 Å². The number of Topliss-reactive ketones (excluding diaryl/α,β-unsaturated/α-hetero) is 1. The van der Waals surface area contributed by atoms with Crippen molar-refractivity contribution in [3.05, 3.63) is 29.3 Å². The quantitative estimate of drug-likeness (QED) is 0.719. The summed E-state index contributed by atoms with van der Waals surface area (Å²) in [6.07, 6.45) is 0. The van der Waals surface area contributed by atoms with Gasteiger partial charge >= 0.3 is 0 Å². The standard InChI is InChI=1S/C10H13NO2/c1-6-3-4-8(5-9(6)13)10(11)7(2)12/h3-5,10,13H,11H2,1-2H3. The Labute approximate surface area is 77.2 Å². The first-order valence-electron chi connectivity index (χ1n) is 4.08. The van der Waals surface area contributed by atoms with Crippen molar-refractivity contribution in [1.29, 1.82) is 0 Å². The van der Waals surface area contributed by atoms with E-state index >= 15 is 0 Å². The predicted molar refractivity (Wildman–Crippen MR) is 50.5 cm³/mol. The van der Waals surface area contributed by atoms with E-state index in [0.29, 0.717) is 5.56 Å². The molecule has 3 nitrogen and oxygen atoms in total. The molecule has 70 valence electrons. The van der Waals surface area contributed by atoms with Gasteiger partial charge in [-0.3, -0.25) is 4.79 Å². The Morgan fingerprint density at radius 3 is 2.62 bits per heavy atom. The average Bonchev–Trinajstić information content (AvgIpc) is 2.08. The fourth-order valence-corrected chi connectivity index (χ4v) is 1.05. The van der Waals surface area contributed by atoms with Crippen molar-refractivity contribution in [2.45, 2.75) is 19.9 Å². The second-order valence-electron chi connectivity index (χ2n) is 3.13. The third-order valence-electron chi connectivity index (χ3n) is 2.03. The lowest BCUT2D eigenvalue weighted by molar-refractivity contribution is -0.118. The third-order valence-corrected chi connectivity index (χ3v) is 2.03. The van der Waals surface area contributed by atoms with Gasteiger partial charge in [-0.25, -0.2) is 0 Å². The largest absolute Gasteiger partial charge is 0.508 e. The maximum absolute atomic E-state index is 10.9. The molecule has 0 bridgehead atoms. The van der Waals surface area contributed by atoms with Crippen LogP contribution in [0.2, 0.25) is 0 Å². The molecular weight excluding hydrogens is 166 g/mol. The van der Waals surface area contributed by atoms with Crippen molar-refractivity contribution in [2.75, 3.05) is 0 Å². The number of aryl methyl sites for hydroxylation is 1. The summed E-state index contributed by atoms with van der Waals surface area (Å²) < 4.78 is 0. The Bertz CT molecular complexity index is 334. The minimum atomic E-state index is -0.633. The van der Waals surface area contributed by atoms with Crippen molar-refractivity contribution in [3.63, 3.8) is 0 Å². The summed E-state index contributed by atoms with van der Waals surface area (Å²) in [5, 5.41) is 9.36. The number of nitrogens with two attached hydrogens (primary N) is 1. The van der Waals surface area contributed by atoms with Crippen LogP contribution in [0.25, 0.3) is 0 Å². The molecule has 0 aliphatic rings. The highest BCUT2D eigenvalue weighted by atomic mass is 16.3. The number of phenols is 1. The maximum atomic E-state index is 10.9. The molecule has 3 N–H and O–H groups in total. The number of carbonyl (C=O) groups excluding carboxylic acids is 1. The molecule has 1 atom stereocenters. The van der Waals surface area contributed by atoms with Crippen LogP contribution in [0.3, 0.4) is 0 Å². The number of benzene rings is 1. The molecular formula is C10H13NO2.